The van der Waals surface area contributed by atoms with E-state index in [-0.39, 0.29) is 5.76 Å². The highest BCUT2D eigenvalue weighted by molar-refractivity contribution is 6.07. The fourth-order valence-electron chi connectivity index (χ4n) is 0.603. The zero-order valence-corrected chi connectivity index (χ0v) is 5.67. The molecule has 1 aliphatic heterocycles. The lowest BCUT2D eigenvalue weighted by Gasteiger charge is -1.91. The molecule has 0 unspecified atom stereocenters. The van der Waals surface area contributed by atoms with E-state index in [0.29, 0.717) is 5.57 Å². The Kier molecular flexibility index (Phi) is 1.45. The fourth-order valence-corrected chi connectivity index (χ4v) is 0.603. The van der Waals surface area contributed by atoms with Crippen LogP contribution in [0.15, 0.2) is 11.3 Å². The van der Waals surface area contributed by atoms with Crippen molar-refractivity contribution in [1.82, 2.24) is 5.32 Å². The van der Waals surface area contributed by atoms with E-state index in [1.165, 1.54) is 0 Å². The first kappa shape index (κ1) is 6.80. The van der Waals surface area contributed by atoms with Gasteiger partial charge >= 0.3 is 12.0 Å². The first-order chi connectivity index (χ1) is 4.61. The summed E-state index contributed by atoms with van der Waals surface area (Å²) >= 11 is 0. The van der Waals surface area contributed by atoms with Crippen LogP contribution in [0.5, 0.6) is 0 Å². The summed E-state index contributed by atoms with van der Waals surface area (Å²) in [4.78, 5) is 21.0. The minimum atomic E-state index is -0.818. The number of imide groups is 1. The molecular weight excluding hydrogens is 134 g/mol. The number of rotatable bonds is 0. The second-order valence-corrected chi connectivity index (χ2v) is 2.11. The molecule has 0 aromatic carbocycles. The van der Waals surface area contributed by atoms with E-state index in [9.17, 15) is 9.59 Å². The number of hydrogen-bond acceptors (Lipinski definition) is 3. The highest BCUT2D eigenvalue weighted by Crippen LogP contribution is 2.11. The lowest BCUT2D eigenvalue weighted by Crippen LogP contribution is -2.09. The van der Waals surface area contributed by atoms with E-state index in [0.717, 1.165) is 0 Å². The van der Waals surface area contributed by atoms with Crippen LogP contribution in [0.4, 0.5) is 4.79 Å². The van der Waals surface area contributed by atoms with Gasteiger partial charge < -0.3 is 4.74 Å². The van der Waals surface area contributed by atoms with Crippen LogP contribution in [0.1, 0.15) is 13.8 Å². The van der Waals surface area contributed by atoms with Crippen molar-refractivity contribution in [3.63, 3.8) is 0 Å². The van der Waals surface area contributed by atoms with Crippen molar-refractivity contribution < 1.29 is 14.3 Å². The van der Waals surface area contributed by atoms with E-state index in [1.807, 2.05) is 0 Å². The van der Waals surface area contributed by atoms with Gasteiger partial charge in [0.2, 0.25) is 0 Å². The summed E-state index contributed by atoms with van der Waals surface area (Å²) in [6.07, 6.45) is -0.818. The monoisotopic (exact) mass is 140 g/mol. The minimum Gasteiger partial charge on any atom is -0.403 e. The van der Waals surface area contributed by atoms with Gasteiger partial charge in [-0.1, -0.05) is 0 Å². The van der Waals surface area contributed by atoms with Gasteiger partial charge in [0, 0.05) is 0 Å². The molecule has 1 saturated heterocycles. The maximum Gasteiger partial charge on any atom is 0.442 e. The zero-order valence-electron chi connectivity index (χ0n) is 5.67. The van der Waals surface area contributed by atoms with Crippen molar-refractivity contribution in [2.75, 3.05) is 0 Å². The van der Waals surface area contributed by atoms with Crippen LogP contribution in [0.3, 0.4) is 0 Å². The third-order valence-electron chi connectivity index (χ3n) is 1.03. The smallest absolute Gasteiger partial charge is 0.403 e. The van der Waals surface area contributed by atoms with Crippen molar-refractivity contribution in [2.45, 2.75) is 13.8 Å². The van der Waals surface area contributed by atoms with Crippen LogP contribution < -0.4 is 5.32 Å². The Labute approximate surface area is 57.9 Å². The van der Waals surface area contributed by atoms with Gasteiger partial charge in [-0.2, -0.15) is 0 Å². The molecule has 0 bridgehead atoms. The van der Waals surface area contributed by atoms with Crippen molar-refractivity contribution in [3.05, 3.63) is 11.3 Å². The highest BCUT2D eigenvalue weighted by atomic mass is 16.6. The van der Waals surface area contributed by atoms with E-state index >= 15 is 0 Å². The molecule has 1 rings (SSSR count). The topological polar surface area (TPSA) is 57.5 Å². The zero-order chi connectivity index (χ0) is 7.72. The van der Waals surface area contributed by atoms with Crippen LogP contribution >= 0.6 is 0 Å². The Morgan fingerprint density at radius 1 is 1.40 bits per heavy atom. The largest absolute Gasteiger partial charge is 0.442 e. The summed E-state index contributed by atoms with van der Waals surface area (Å²) in [6.45, 7) is 3.36. The normalized spacial score (nSPS) is 16.8. The Bertz CT molecular complexity index is 225. The van der Waals surface area contributed by atoms with Gasteiger partial charge in [-0.25, -0.2) is 4.79 Å². The molecule has 0 N–H and O–H groups in total. The van der Waals surface area contributed by atoms with Crippen molar-refractivity contribution in [2.24, 2.45) is 0 Å². The third-order valence-corrected chi connectivity index (χ3v) is 1.03. The molecule has 1 heterocycles. The maximum absolute atomic E-state index is 10.7. The van der Waals surface area contributed by atoms with Gasteiger partial charge in [0.05, 0.1) is 0 Å². The molecule has 1 aliphatic rings. The molecule has 1 fully saturated rings. The van der Waals surface area contributed by atoms with Gasteiger partial charge in [0.25, 0.3) is 0 Å². The Morgan fingerprint density at radius 3 is 2.20 bits per heavy atom. The molecule has 10 heavy (non-hydrogen) atoms. The summed E-state index contributed by atoms with van der Waals surface area (Å²) in [5.41, 5.74) is 0.666. The van der Waals surface area contributed by atoms with Gasteiger partial charge in [-0.05, 0) is 19.4 Å². The Balaban J connectivity index is 2.93. The van der Waals surface area contributed by atoms with Crippen LogP contribution in [0, 0.1) is 0 Å². The highest BCUT2D eigenvalue weighted by Gasteiger charge is 2.29. The average Bonchev–Trinajstić information content (AvgIpc) is 2.10. The number of nitrogens with zero attached hydrogens (tertiary/aromatic N) is 1. The molecule has 0 aromatic heterocycles. The SMILES string of the molecule is CC(C)=C1OC(=O)[N]C1=O. The predicted molar refractivity (Wildman–Crippen MR) is 32.0 cm³/mol. The molecule has 0 aromatic rings. The molecule has 0 aliphatic carbocycles. The van der Waals surface area contributed by atoms with Gasteiger partial charge in [0.15, 0.2) is 5.76 Å². The molecule has 0 spiro atoms. The number of carbonyl (C=O) groups excluding carboxylic acids is 2. The third kappa shape index (κ3) is 1.00. The van der Waals surface area contributed by atoms with E-state index in [2.05, 4.69) is 10.1 Å². The first-order valence-corrected chi connectivity index (χ1v) is 2.76. The second kappa shape index (κ2) is 2.13. The van der Waals surface area contributed by atoms with Crippen LogP contribution in [-0.2, 0) is 9.53 Å². The lowest BCUT2D eigenvalue weighted by molar-refractivity contribution is -0.116. The van der Waals surface area contributed by atoms with Crippen LogP contribution in [0.25, 0.3) is 0 Å². The number of amides is 2. The predicted octanol–water partition coefficient (Wildman–Crippen LogP) is 0.562. The molecule has 4 nitrogen and oxygen atoms in total. The van der Waals surface area contributed by atoms with E-state index in [4.69, 9.17) is 0 Å². The average molecular weight is 140 g/mol. The minimum absolute atomic E-state index is 0.0602. The van der Waals surface area contributed by atoms with Crippen molar-refractivity contribution >= 4 is 12.0 Å². The molecule has 4 heteroatoms. The molecule has 0 atom stereocenters. The fraction of sp³-hybridized carbons (Fsp3) is 0.333. The molecule has 53 valence electrons. The van der Waals surface area contributed by atoms with Crippen LogP contribution in [-0.4, -0.2) is 12.0 Å². The Hall–Kier alpha value is -1.32. The summed E-state index contributed by atoms with van der Waals surface area (Å²) in [6, 6.07) is 0. The summed E-state index contributed by atoms with van der Waals surface area (Å²) < 4.78 is 4.46. The summed E-state index contributed by atoms with van der Waals surface area (Å²) in [5, 5.41) is 3.03. The van der Waals surface area contributed by atoms with Gasteiger partial charge in [0.1, 0.15) is 0 Å². The molecule has 0 saturated carbocycles. The number of cyclic esters (lactones) is 1. The molecule has 1 radical (unpaired) electrons. The second-order valence-electron chi connectivity index (χ2n) is 2.11. The summed E-state index contributed by atoms with van der Waals surface area (Å²) in [5.74, 6) is -0.519. The maximum atomic E-state index is 10.7. The van der Waals surface area contributed by atoms with Crippen molar-refractivity contribution in [3.8, 4) is 0 Å². The number of ether oxygens (including phenoxy) is 1. The van der Waals surface area contributed by atoms with Crippen molar-refractivity contribution in [1.29, 1.82) is 0 Å². The quantitative estimate of drug-likeness (QED) is 0.462. The van der Waals surface area contributed by atoms with E-state index in [1.54, 1.807) is 13.8 Å². The Morgan fingerprint density at radius 2 is 2.00 bits per heavy atom. The van der Waals surface area contributed by atoms with Gasteiger partial charge in [-0.3, -0.25) is 4.79 Å². The summed E-state index contributed by atoms with van der Waals surface area (Å²) in [7, 11) is 0. The first-order valence-electron chi connectivity index (χ1n) is 2.76. The molecular formula is C6H6NO3. The van der Waals surface area contributed by atoms with Gasteiger partial charge in [-0.15, -0.1) is 5.32 Å². The number of allylic oxidation sites excluding steroid dienone is 1. The standard InChI is InChI=1S/C6H6NO3/c1-3(2)4-5(8)7-6(9)10-4/h1-2H3. The van der Waals surface area contributed by atoms with Crippen LogP contribution in [0.2, 0.25) is 0 Å². The van der Waals surface area contributed by atoms with E-state index < -0.39 is 12.0 Å². The number of carbonyl (C=O) groups is 2. The molecule has 2 amide bonds. The number of hydrogen-bond donors (Lipinski definition) is 0. The lowest BCUT2D eigenvalue weighted by atomic mass is 10.3.